The molecule has 1 aromatic carbocycles. The zero-order valence-electron chi connectivity index (χ0n) is 17.6. The van der Waals surface area contributed by atoms with Crippen LogP contribution in [0.5, 0.6) is 0 Å². The molecule has 3 rings (SSSR count). The number of benzene rings is 1. The van der Waals surface area contributed by atoms with E-state index in [1.807, 2.05) is 19.1 Å². The van der Waals surface area contributed by atoms with E-state index >= 15 is 0 Å². The van der Waals surface area contributed by atoms with Crippen molar-refractivity contribution in [2.45, 2.75) is 19.8 Å². The molecule has 0 fully saturated rings. The summed E-state index contributed by atoms with van der Waals surface area (Å²) in [5.41, 5.74) is 2.17. The van der Waals surface area contributed by atoms with Crippen molar-refractivity contribution in [1.82, 2.24) is 36.2 Å². The number of carbonyl (C=O) groups excluding carboxylic acids is 3. The highest BCUT2D eigenvalue weighted by molar-refractivity contribution is 6.02. The Balaban J connectivity index is 1.51. The van der Waals surface area contributed by atoms with Crippen LogP contribution in [0.4, 0.5) is 0 Å². The number of hydrogen-bond acceptors (Lipinski definition) is 9. The third kappa shape index (κ3) is 7.04. The van der Waals surface area contributed by atoms with Crippen LogP contribution < -0.4 is 10.6 Å². The minimum Gasteiger partial charge on any atom is -0.354 e. The number of aryl methyl sites for hydroxylation is 1. The Kier molecular flexibility index (Phi) is 8.06. The van der Waals surface area contributed by atoms with Gasteiger partial charge in [0.15, 0.2) is 5.82 Å². The number of nitrogens with zero attached hydrogens (tertiary/aromatic N) is 7. The highest BCUT2D eigenvalue weighted by Crippen LogP contribution is 2.07. The summed E-state index contributed by atoms with van der Waals surface area (Å²) in [6, 6.07) is 7.23. The average molecular weight is 440 g/mol. The van der Waals surface area contributed by atoms with E-state index in [-0.39, 0.29) is 62.6 Å². The van der Waals surface area contributed by atoms with E-state index in [1.54, 1.807) is 17.0 Å². The number of nitrogens with one attached hydrogen (secondary N) is 3. The summed E-state index contributed by atoms with van der Waals surface area (Å²) in [7, 11) is 0. The Bertz CT molecular complexity index is 985. The molecule has 0 radical (unpaired) electrons. The molecule has 0 atom stereocenters. The highest BCUT2D eigenvalue weighted by Gasteiger charge is 2.17. The maximum atomic E-state index is 13.0. The van der Waals surface area contributed by atoms with Gasteiger partial charge in [-0.25, -0.2) is 0 Å². The van der Waals surface area contributed by atoms with Crippen molar-refractivity contribution in [1.29, 1.82) is 0 Å². The SMILES string of the molecule is Cc1ccc(C(=O)N(CCNC(=O)CC2=NN=NC2)CCNC(=O)Cc2nn[nH]n2)cc1. The third-order valence-electron chi connectivity index (χ3n) is 4.57. The molecule has 1 aromatic heterocycles. The van der Waals surface area contributed by atoms with Gasteiger partial charge < -0.3 is 15.5 Å². The molecule has 3 amide bonds. The number of hydrogen-bond donors (Lipinski definition) is 3. The Morgan fingerprint density at radius 3 is 2.31 bits per heavy atom. The van der Waals surface area contributed by atoms with E-state index in [0.717, 1.165) is 5.56 Å². The zero-order valence-corrected chi connectivity index (χ0v) is 17.6. The van der Waals surface area contributed by atoms with Crippen LogP contribution in [0, 0.1) is 6.92 Å². The van der Waals surface area contributed by atoms with Crippen LogP contribution >= 0.6 is 0 Å². The predicted molar refractivity (Wildman–Crippen MR) is 113 cm³/mol. The monoisotopic (exact) mass is 440 g/mol. The molecule has 2 aromatic rings. The summed E-state index contributed by atoms with van der Waals surface area (Å²) in [6.07, 6.45) is 0.103. The topological polar surface area (TPSA) is 170 Å². The fraction of sp³-hybridized carbons (Fsp3) is 0.421. The number of tetrazole rings is 1. The van der Waals surface area contributed by atoms with Crippen molar-refractivity contribution in [3.63, 3.8) is 0 Å². The van der Waals surface area contributed by atoms with Crippen molar-refractivity contribution in [3.8, 4) is 0 Å². The predicted octanol–water partition coefficient (Wildman–Crippen LogP) is -0.363. The molecule has 0 saturated carbocycles. The Morgan fingerprint density at radius 1 is 1.03 bits per heavy atom. The molecule has 0 unspecified atom stereocenters. The Morgan fingerprint density at radius 2 is 1.72 bits per heavy atom. The van der Waals surface area contributed by atoms with Crippen LogP contribution in [-0.2, 0) is 16.0 Å². The maximum Gasteiger partial charge on any atom is 0.253 e. The molecule has 0 aliphatic carbocycles. The number of carbonyl (C=O) groups is 3. The number of aromatic nitrogens is 4. The van der Waals surface area contributed by atoms with E-state index in [0.29, 0.717) is 17.8 Å². The molecule has 0 bridgehead atoms. The lowest BCUT2D eigenvalue weighted by Crippen LogP contribution is -2.43. The first-order valence-corrected chi connectivity index (χ1v) is 10.0. The van der Waals surface area contributed by atoms with E-state index in [4.69, 9.17) is 0 Å². The second-order valence-corrected chi connectivity index (χ2v) is 7.09. The summed E-state index contributed by atoms with van der Waals surface area (Å²) in [5, 5.41) is 29.6. The van der Waals surface area contributed by atoms with Gasteiger partial charge in [0.05, 0.1) is 18.6 Å². The quantitative estimate of drug-likeness (QED) is 0.431. The van der Waals surface area contributed by atoms with Gasteiger partial charge in [-0.1, -0.05) is 22.9 Å². The van der Waals surface area contributed by atoms with Gasteiger partial charge in [0.1, 0.15) is 6.54 Å². The molecule has 32 heavy (non-hydrogen) atoms. The number of H-pyrrole nitrogens is 1. The van der Waals surface area contributed by atoms with E-state index in [9.17, 15) is 14.4 Å². The van der Waals surface area contributed by atoms with Crippen LogP contribution in [0.25, 0.3) is 0 Å². The molecule has 3 N–H and O–H groups in total. The fourth-order valence-electron chi connectivity index (χ4n) is 2.90. The second-order valence-electron chi connectivity index (χ2n) is 7.09. The van der Waals surface area contributed by atoms with Crippen LogP contribution in [-0.4, -0.2) is 81.7 Å². The molecular formula is C19H24N10O3. The third-order valence-corrected chi connectivity index (χ3v) is 4.57. The van der Waals surface area contributed by atoms with Crippen LogP contribution in [0.1, 0.15) is 28.2 Å². The Hall–Kier alpha value is -4.03. The normalized spacial score (nSPS) is 12.3. The number of rotatable bonds is 11. The molecule has 168 valence electrons. The molecule has 0 spiro atoms. The summed E-state index contributed by atoms with van der Waals surface area (Å²) >= 11 is 0. The van der Waals surface area contributed by atoms with Gasteiger partial charge in [0, 0.05) is 31.7 Å². The Labute approximate surface area is 183 Å². The van der Waals surface area contributed by atoms with Crippen LogP contribution in [0.15, 0.2) is 39.7 Å². The van der Waals surface area contributed by atoms with Gasteiger partial charge in [0.2, 0.25) is 11.8 Å². The van der Waals surface area contributed by atoms with Crippen molar-refractivity contribution in [2.75, 3.05) is 32.7 Å². The first-order chi connectivity index (χ1) is 15.5. The van der Waals surface area contributed by atoms with E-state index in [2.05, 4.69) is 46.7 Å². The van der Waals surface area contributed by atoms with Crippen LogP contribution in [0.3, 0.4) is 0 Å². The number of amides is 3. The first kappa shape index (κ1) is 22.7. The maximum absolute atomic E-state index is 13.0. The molecule has 2 heterocycles. The van der Waals surface area contributed by atoms with Gasteiger partial charge in [-0.3, -0.25) is 14.4 Å². The molecular weight excluding hydrogens is 416 g/mol. The molecule has 1 aliphatic heterocycles. The summed E-state index contributed by atoms with van der Waals surface area (Å²) in [6.45, 7) is 3.31. The standard InChI is InChI=1S/C19H24N10O3/c1-13-2-4-14(5-3-13)19(32)29(8-6-20-17(30)10-15-12-22-26-23-15)9-7-21-18(31)11-16-24-27-28-25-16/h2-5H,6-12H2,1H3,(H,20,30)(H,21,31)(H,24,25,27,28). The van der Waals surface area contributed by atoms with Crippen molar-refractivity contribution in [2.24, 2.45) is 15.4 Å². The summed E-state index contributed by atoms with van der Waals surface area (Å²) in [4.78, 5) is 38.6. The zero-order chi connectivity index (χ0) is 22.8. The van der Waals surface area contributed by atoms with Gasteiger partial charge >= 0.3 is 0 Å². The van der Waals surface area contributed by atoms with Gasteiger partial charge in [0.25, 0.3) is 5.91 Å². The molecule has 1 aliphatic rings. The first-order valence-electron chi connectivity index (χ1n) is 10.0. The van der Waals surface area contributed by atoms with E-state index in [1.165, 1.54) is 0 Å². The summed E-state index contributed by atoms with van der Waals surface area (Å²) < 4.78 is 0. The lowest BCUT2D eigenvalue weighted by atomic mass is 10.1. The molecule has 13 heteroatoms. The minimum atomic E-state index is -0.282. The van der Waals surface area contributed by atoms with Crippen molar-refractivity contribution < 1.29 is 14.4 Å². The second kappa shape index (κ2) is 11.4. The number of aromatic amines is 1. The van der Waals surface area contributed by atoms with Gasteiger partial charge in [-0.05, 0) is 24.3 Å². The molecule has 13 nitrogen and oxygen atoms in total. The van der Waals surface area contributed by atoms with Crippen molar-refractivity contribution >= 4 is 23.4 Å². The average Bonchev–Trinajstić information content (AvgIpc) is 3.47. The smallest absolute Gasteiger partial charge is 0.253 e. The largest absolute Gasteiger partial charge is 0.354 e. The van der Waals surface area contributed by atoms with Gasteiger partial charge in [-0.2, -0.15) is 10.3 Å². The van der Waals surface area contributed by atoms with Gasteiger partial charge in [-0.15, -0.1) is 15.3 Å². The summed E-state index contributed by atoms with van der Waals surface area (Å²) in [5.74, 6) is -0.405. The van der Waals surface area contributed by atoms with E-state index < -0.39 is 0 Å². The van der Waals surface area contributed by atoms with Crippen LogP contribution in [0.2, 0.25) is 0 Å². The fourth-order valence-corrected chi connectivity index (χ4v) is 2.90. The van der Waals surface area contributed by atoms with Crippen molar-refractivity contribution in [3.05, 3.63) is 41.2 Å². The molecule has 0 saturated heterocycles. The lowest BCUT2D eigenvalue weighted by molar-refractivity contribution is -0.121. The minimum absolute atomic E-state index is 0.0130. The highest BCUT2D eigenvalue weighted by atomic mass is 16.2. The lowest BCUT2D eigenvalue weighted by Gasteiger charge is -2.23.